The van der Waals surface area contributed by atoms with E-state index in [9.17, 15) is 0 Å². The summed E-state index contributed by atoms with van der Waals surface area (Å²) in [4.78, 5) is 2.55. The zero-order valence-electron chi connectivity index (χ0n) is 13.6. The van der Waals surface area contributed by atoms with Gasteiger partial charge in [-0.1, -0.05) is 71.1 Å². The maximum Gasteiger partial charge on any atom is 0.0594 e. The minimum absolute atomic E-state index is 0. The molecule has 1 saturated heterocycles. The third kappa shape index (κ3) is 12.0. The number of hydrogen-bond donors (Lipinski definition) is 0. The van der Waals surface area contributed by atoms with Crippen LogP contribution in [0, 0.1) is 0 Å². The summed E-state index contributed by atoms with van der Waals surface area (Å²) in [5, 5.41) is 0. The van der Waals surface area contributed by atoms with Gasteiger partial charge in [0, 0.05) is 13.1 Å². The Kier molecular flexibility index (Phi) is 15.8. The van der Waals surface area contributed by atoms with Gasteiger partial charge in [0.2, 0.25) is 0 Å². The minimum atomic E-state index is 0. The van der Waals surface area contributed by atoms with E-state index in [1.165, 1.54) is 77.2 Å². The van der Waals surface area contributed by atoms with E-state index >= 15 is 0 Å². The van der Waals surface area contributed by atoms with E-state index in [0.717, 1.165) is 26.3 Å². The summed E-state index contributed by atoms with van der Waals surface area (Å²) in [5.74, 6) is 0. The Morgan fingerprint density at radius 1 is 0.700 bits per heavy atom. The van der Waals surface area contributed by atoms with E-state index in [4.69, 9.17) is 4.74 Å². The molecule has 1 fully saturated rings. The summed E-state index contributed by atoms with van der Waals surface area (Å²) < 4.78 is 5.36. The Labute approximate surface area is 133 Å². The average Bonchev–Trinajstić information content (AvgIpc) is 2.46. The van der Waals surface area contributed by atoms with Crippen LogP contribution in [0.15, 0.2) is 0 Å². The van der Waals surface area contributed by atoms with Crippen molar-refractivity contribution in [3.05, 3.63) is 0 Å². The predicted octanol–water partition coefficient (Wildman–Crippen LogP) is 5.05. The van der Waals surface area contributed by atoms with Gasteiger partial charge >= 0.3 is 0 Å². The van der Waals surface area contributed by atoms with E-state index in [1.54, 1.807) is 0 Å². The Morgan fingerprint density at radius 3 is 1.65 bits per heavy atom. The molecular weight excluding hydrogens is 270 g/mol. The number of halogens is 1. The van der Waals surface area contributed by atoms with E-state index in [0.29, 0.717) is 0 Å². The molecule has 3 heteroatoms. The van der Waals surface area contributed by atoms with Crippen LogP contribution in [0.3, 0.4) is 0 Å². The first-order valence-corrected chi connectivity index (χ1v) is 8.73. The molecule has 0 saturated carbocycles. The molecule has 0 N–H and O–H groups in total. The van der Waals surface area contributed by atoms with Crippen LogP contribution < -0.4 is 0 Å². The largest absolute Gasteiger partial charge is 0.379 e. The topological polar surface area (TPSA) is 12.5 Å². The lowest BCUT2D eigenvalue weighted by Gasteiger charge is -2.26. The van der Waals surface area contributed by atoms with Crippen LogP contribution in [-0.4, -0.2) is 37.7 Å². The normalized spacial score (nSPS) is 16.1. The van der Waals surface area contributed by atoms with Crippen molar-refractivity contribution in [2.45, 2.75) is 77.6 Å². The summed E-state index contributed by atoms with van der Waals surface area (Å²) in [7, 11) is 0. The molecule has 1 aliphatic heterocycles. The Bertz CT molecular complexity index is 184. The monoisotopic (exact) mass is 305 g/mol. The standard InChI is InChI=1S/C17H35NO.ClH/c1-2-3-4-5-6-7-8-9-10-11-12-13-18-14-16-19-17-15-18;/h2-17H2,1H3;1H. The van der Waals surface area contributed by atoms with Crippen molar-refractivity contribution in [1.29, 1.82) is 0 Å². The molecule has 0 aliphatic carbocycles. The van der Waals surface area contributed by atoms with Gasteiger partial charge in [0.1, 0.15) is 0 Å². The van der Waals surface area contributed by atoms with Crippen molar-refractivity contribution < 1.29 is 4.74 Å². The number of ether oxygens (including phenoxy) is 1. The molecule has 1 aliphatic rings. The molecule has 122 valence electrons. The molecule has 0 amide bonds. The number of rotatable bonds is 12. The minimum Gasteiger partial charge on any atom is -0.379 e. The summed E-state index contributed by atoms with van der Waals surface area (Å²) in [6.07, 6.45) is 15.8. The molecule has 0 unspecified atom stereocenters. The van der Waals surface area contributed by atoms with E-state index in [2.05, 4.69) is 11.8 Å². The highest BCUT2D eigenvalue weighted by atomic mass is 35.5. The molecule has 0 aromatic carbocycles. The molecule has 0 bridgehead atoms. The van der Waals surface area contributed by atoms with Crippen molar-refractivity contribution in [2.75, 3.05) is 32.8 Å². The summed E-state index contributed by atoms with van der Waals surface area (Å²) in [6.45, 7) is 7.77. The van der Waals surface area contributed by atoms with Gasteiger partial charge < -0.3 is 4.74 Å². The van der Waals surface area contributed by atoms with Gasteiger partial charge in [0.15, 0.2) is 0 Å². The molecule has 1 rings (SSSR count). The molecule has 0 spiro atoms. The van der Waals surface area contributed by atoms with Crippen LogP contribution in [0.2, 0.25) is 0 Å². The van der Waals surface area contributed by atoms with Crippen LogP contribution >= 0.6 is 12.4 Å². The fraction of sp³-hybridized carbons (Fsp3) is 1.00. The van der Waals surface area contributed by atoms with Crippen LogP contribution in [0.4, 0.5) is 0 Å². The van der Waals surface area contributed by atoms with Gasteiger partial charge in [-0.2, -0.15) is 0 Å². The van der Waals surface area contributed by atoms with Gasteiger partial charge in [0.05, 0.1) is 13.2 Å². The van der Waals surface area contributed by atoms with Crippen LogP contribution in [0.25, 0.3) is 0 Å². The predicted molar refractivity (Wildman–Crippen MR) is 91.0 cm³/mol. The van der Waals surface area contributed by atoms with E-state index < -0.39 is 0 Å². The highest BCUT2D eigenvalue weighted by Crippen LogP contribution is 2.11. The Balaban J connectivity index is 0.00000361. The third-order valence-electron chi connectivity index (χ3n) is 4.18. The number of nitrogens with zero attached hydrogens (tertiary/aromatic N) is 1. The summed E-state index contributed by atoms with van der Waals surface area (Å²) in [6, 6.07) is 0. The van der Waals surface area contributed by atoms with E-state index in [-0.39, 0.29) is 12.4 Å². The van der Waals surface area contributed by atoms with Crippen molar-refractivity contribution in [3.8, 4) is 0 Å². The fourth-order valence-corrected chi connectivity index (χ4v) is 2.82. The van der Waals surface area contributed by atoms with Gasteiger partial charge in [-0.3, -0.25) is 4.90 Å². The molecule has 2 nitrogen and oxygen atoms in total. The fourth-order valence-electron chi connectivity index (χ4n) is 2.82. The van der Waals surface area contributed by atoms with Gasteiger partial charge in [-0.15, -0.1) is 12.4 Å². The second kappa shape index (κ2) is 15.6. The van der Waals surface area contributed by atoms with Crippen molar-refractivity contribution in [2.24, 2.45) is 0 Å². The quantitative estimate of drug-likeness (QED) is 0.468. The average molecular weight is 306 g/mol. The third-order valence-corrected chi connectivity index (χ3v) is 4.18. The van der Waals surface area contributed by atoms with Crippen LogP contribution in [0.5, 0.6) is 0 Å². The molecule has 0 aromatic rings. The smallest absolute Gasteiger partial charge is 0.0594 e. The lowest BCUT2D eigenvalue weighted by molar-refractivity contribution is 0.0371. The van der Waals surface area contributed by atoms with Gasteiger partial charge in [-0.25, -0.2) is 0 Å². The molecule has 0 radical (unpaired) electrons. The van der Waals surface area contributed by atoms with Gasteiger partial charge in [-0.05, 0) is 13.0 Å². The van der Waals surface area contributed by atoms with E-state index in [1.807, 2.05) is 0 Å². The number of morpholine rings is 1. The first kappa shape index (κ1) is 20.2. The Morgan fingerprint density at radius 2 is 1.15 bits per heavy atom. The summed E-state index contributed by atoms with van der Waals surface area (Å²) in [5.41, 5.74) is 0. The first-order chi connectivity index (χ1) is 9.43. The molecule has 0 aromatic heterocycles. The van der Waals surface area contributed by atoms with Gasteiger partial charge in [0.25, 0.3) is 0 Å². The highest BCUT2D eigenvalue weighted by molar-refractivity contribution is 5.85. The summed E-state index contributed by atoms with van der Waals surface area (Å²) >= 11 is 0. The second-order valence-corrected chi connectivity index (χ2v) is 5.99. The molecule has 0 atom stereocenters. The maximum absolute atomic E-state index is 5.36. The lowest BCUT2D eigenvalue weighted by atomic mass is 10.1. The number of unbranched alkanes of at least 4 members (excludes halogenated alkanes) is 10. The zero-order chi connectivity index (χ0) is 13.6. The van der Waals surface area contributed by atoms with Crippen molar-refractivity contribution in [1.82, 2.24) is 4.90 Å². The zero-order valence-corrected chi connectivity index (χ0v) is 14.4. The van der Waals surface area contributed by atoms with Crippen LogP contribution in [-0.2, 0) is 4.74 Å². The number of hydrogen-bond acceptors (Lipinski definition) is 2. The van der Waals surface area contributed by atoms with Crippen molar-refractivity contribution in [3.63, 3.8) is 0 Å². The second-order valence-electron chi connectivity index (χ2n) is 5.99. The highest BCUT2D eigenvalue weighted by Gasteiger charge is 2.08. The molecule has 20 heavy (non-hydrogen) atoms. The molecule has 1 heterocycles. The Hall–Kier alpha value is 0.210. The first-order valence-electron chi connectivity index (χ1n) is 8.73. The van der Waals surface area contributed by atoms with Crippen LogP contribution in [0.1, 0.15) is 77.6 Å². The van der Waals surface area contributed by atoms with Crippen molar-refractivity contribution >= 4 is 12.4 Å². The lowest BCUT2D eigenvalue weighted by Crippen LogP contribution is -2.36. The molecular formula is C17H36ClNO. The maximum atomic E-state index is 5.36. The SMILES string of the molecule is CCCCCCCCCCCCCN1CCOCC1.Cl.